The highest BCUT2D eigenvalue weighted by Gasteiger charge is 2.16. The maximum atomic E-state index is 11.9. The Morgan fingerprint density at radius 1 is 1.30 bits per heavy atom. The molecule has 1 amide bonds. The lowest BCUT2D eigenvalue weighted by molar-refractivity contribution is -0.122. The maximum Gasteiger partial charge on any atom is 0.220 e. The zero-order chi connectivity index (χ0) is 15.1. The minimum Gasteiger partial charge on any atom is -0.425 e. The molecule has 1 aromatic heterocycles. The molecule has 0 radical (unpaired) electrons. The fourth-order valence-corrected chi connectivity index (χ4v) is 1.81. The SMILES string of the molecule is CC(C)c1nnc(CCC(=O)NC(CCO)C(C)C)o1. The van der Waals surface area contributed by atoms with Gasteiger partial charge in [0, 0.05) is 31.4 Å². The molecule has 0 aliphatic heterocycles. The highest BCUT2D eigenvalue weighted by Crippen LogP contribution is 2.13. The van der Waals surface area contributed by atoms with Gasteiger partial charge in [-0.25, -0.2) is 0 Å². The molecule has 6 nitrogen and oxygen atoms in total. The van der Waals surface area contributed by atoms with E-state index in [1.54, 1.807) is 0 Å². The fourth-order valence-electron chi connectivity index (χ4n) is 1.81. The Morgan fingerprint density at radius 2 is 2.00 bits per heavy atom. The van der Waals surface area contributed by atoms with Crippen LogP contribution in [0.4, 0.5) is 0 Å². The molecule has 1 rings (SSSR count). The molecule has 0 fully saturated rings. The van der Waals surface area contributed by atoms with Crippen molar-refractivity contribution in [2.45, 2.75) is 58.9 Å². The summed E-state index contributed by atoms with van der Waals surface area (Å²) in [5, 5.41) is 19.8. The van der Waals surface area contributed by atoms with Gasteiger partial charge in [-0.3, -0.25) is 4.79 Å². The molecule has 1 atom stereocenters. The van der Waals surface area contributed by atoms with E-state index in [9.17, 15) is 4.79 Å². The predicted octanol–water partition coefficient (Wildman–Crippen LogP) is 1.65. The average Bonchev–Trinajstić information content (AvgIpc) is 2.84. The van der Waals surface area contributed by atoms with E-state index in [0.29, 0.717) is 37.0 Å². The molecule has 1 heterocycles. The quantitative estimate of drug-likeness (QED) is 0.757. The van der Waals surface area contributed by atoms with Crippen molar-refractivity contribution in [3.8, 4) is 0 Å². The molecule has 0 spiro atoms. The van der Waals surface area contributed by atoms with Crippen LogP contribution in [0.15, 0.2) is 4.42 Å². The first-order chi connectivity index (χ1) is 9.43. The molecule has 6 heteroatoms. The lowest BCUT2D eigenvalue weighted by Crippen LogP contribution is -2.39. The third-order valence-corrected chi connectivity index (χ3v) is 3.13. The largest absolute Gasteiger partial charge is 0.425 e. The van der Waals surface area contributed by atoms with Crippen LogP contribution in [0.1, 0.15) is 58.2 Å². The van der Waals surface area contributed by atoms with Gasteiger partial charge in [0.15, 0.2) is 0 Å². The van der Waals surface area contributed by atoms with Crippen LogP contribution in [-0.2, 0) is 11.2 Å². The van der Waals surface area contributed by atoms with E-state index in [-0.39, 0.29) is 24.5 Å². The molecule has 1 aromatic rings. The van der Waals surface area contributed by atoms with Crippen LogP contribution >= 0.6 is 0 Å². The summed E-state index contributed by atoms with van der Waals surface area (Å²) in [6.45, 7) is 8.07. The van der Waals surface area contributed by atoms with Crippen molar-refractivity contribution >= 4 is 5.91 Å². The Morgan fingerprint density at radius 3 is 2.50 bits per heavy atom. The van der Waals surface area contributed by atoms with Gasteiger partial charge in [-0.15, -0.1) is 10.2 Å². The maximum absolute atomic E-state index is 11.9. The second-order valence-corrected chi connectivity index (χ2v) is 5.62. The van der Waals surface area contributed by atoms with Gasteiger partial charge in [0.05, 0.1) is 0 Å². The molecule has 1 unspecified atom stereocenters. The van der Waals surface area contributed by atoms with E-state index in [1.807, 2.05) is 27.7 Å². The number of carbonyl (C=O) groups is 1. The summed E-state index contributed by atoms with van der Waals surface area (Å²) in [7, 11) is 0. The Labute approximate surface area is 120 Å². The Balaban J connectivity index is 2.41. The first kappa shape index (κ1) is 16.6. The van der Waals surface area contributed by atoms with Crippen LogP contribution in [0.2, 0.25) is 0 Å². The molecule has 2 N–H and O–H groups in total. The van der Waals surface area contributed by atoms with Crippen LogP contribution in [-0.4, -0.2) is 33.9 Å². The highest BCUT2D eigenvalue weighted by atomic mass is 16.4. The number of hydrogen-bond donors (Lipinski definition) is 2. The Hall–Kier alpha value is -1.43. The number of aliphatic hydroxyl groups excluding tert-OH is 1. The summed E-state index contributed by atoms with van der Waals surface area (Å²) >= 11 is 0. The van der Waals surface area contributed by atoms with Crippen molar-refractivity contribution in [1.82, 2.24) is 15.5 Å². The monoisotopic (exact) mass is 283 g/mol. The number of nitrogens with zero attached hydrogens (tertiary/aromatic N) is 2. The number of amides is 1. The number of rotatable bonds is 8. The van der Waals surface area contributed by atoms with E-state index >= 15 is 0 Å². The summed E-state index contributed by atoms with van der Waals surface area (Å²) in [6, 6.07) is 0.00131. The number of hydrogen-bond acceptors (Lipinski definition) is 5. The summed E-state index contributed by atoms with van der Waals surface area (Å²) in [5.41, 5.74) is 0. The standard InChI is InChI=1S/C14H25N3O3/c1-9(2)11(7-8-18)15-12(19)5-6-13-16-17-14(20-13)10(3)4/h9-11,18H,5-8H2,1-4H3,(H,15,19). The van der Waals surface area contributed by atoms with E-state index in [4.69, 9.17) is 9.52 Å². The van der Waals surface area contributed by atoms with Crippen LogP contribution in [0.3, 0.4) is 0 Å². The Kier molecular flexibility index (Phi) is 6.64. The van der Waals surface area contributed by atoms with Crippen LogP contribution in [0, 0.1) is 5.92 Å². The van der Waals surface area contributed by atoms with Gasteiger partial charge in [-0.2, -0.15) is 0 Å². The van der Waals surface area contributed by atoms with Gasteiger partial charge in [0.25, 0.3) is 0 Å². The number of aryl methyl sites for hydroxylation is 1. The second-order valence-electron chi connectivity index (χ2n) is 5.62. The molecule has 0 saturated heterocycles. The molecule has 0 saturated carbocycles. The molecule has 0 aromatic carbocycles. The van der Waals surface area contributed by atoms with Crippen molar-refractivity contribution in [1.29, 1.82) is 0 Å². The molecule has 0 bridgehead atoms. The third kappa shape index (κ3) is 5.28. The normalized spacial score (nSPS) is 12.9. The zero-order valence-corrected chi connectivity index (χ0v) is 12.7. The number of carbonyl (C=O) groups excluding carboxylic acids is 1. The number of aromatic nitrogens is 2. The fraction of sp³-hybridized carbons (Fsp3) is 0.786. The topological polar surface area (TPSA) is 88.2 Å². The van der Waals surface area contributed by atoms with E-state index in [0.717, 1.165) is 0 Å². The summed E-state index contributed by atoms with van der Waals surface area (Å²) in [4.78, 5) is 11.9. The molecule has 114 valence electrons. The first-order valence-electron chi connectivity index (χ1n) is 7.16. The van der Waals surface area contributed by atoms with Crippen molar-refractivity contribution in [2.24, 2.45) is 5.92 Å². The number of aliphatic hydroxyl groups is 1. The highest BCUT2D eigenvalue weighted by molar-refractivity contribution is 5.76. The van der Waals surface area contributed by atoms with Gasteiger partial charge in [-0.05, 0) is 12.3 Å². The third-order valence-electron chi connectivity index (χ3n) is 3.13. The molecule has 0 aliphatic carbocycles. The smallest absolute Gasteiger partial charge is 0.220 e. The van der Waals surface area contributed by atoms with Gasteiger partial charge >= 0.3 is 0 Å². The molecule has 0 aliphatic rings. The summed E-state index contributed by atoms with van der Waals surface area (Å²) in [6.07, 6.45) is 1.32. The van der Waals surface area contributed by atoms with Crippen LogP contribution in [0.5, 0.6) is 0 Å². The molecular weight excluding hydrogens is 258 g/mol. The average molecular weight is 283 g/mol. The van der Waals surface area contributed by atoms with Crippen molar-refractivity contribution in [2.75, 3.05) is 6.61 Å². The van der Waals surface area contributed by atoms with Crippen molar-refractivity contribution in [3.63, 3.8) is 0 Å². The van der Waals surface area contributed by atoms with Gasteiger partial charge in [-0.1, -0.05) is 27.7 Å². The minimum atomic E-state index is -0.0542. The minimum absolute atomic E-state index is 0.00131. The van der Waals surface area contributed by atoms with Crippen LogP contribution < -0.4 is 5.32 Å². The summed E-state index contributed by atoms with van der Waals surface area (Å²) in [5.74, 6) is 1.52. The predicted molar refractivity (Wildman–Crippen MR) is 75.2 cm³/mol. The lowest BCUT2D eigenvalue weighted by Gasteiger charge is -2.21. The van der Waals surface area contributed by atoms with Crippen LogP contribution in [0.25, 0.3) is 0 Å². The van der Waals surface area contributed by atoms with Crippen molar-refractivity contribution in [3.05, 3.63) is 11.8 Å². The second kappa shape index (κ2) is 7.99. The zero-order valence-electron chi connectivity index (χ0n) is 12.7. The lowest BCUT2D eigenvalue weighted by atomic mass is 10.0. The van der Waals surface area contributed by atoms with E-state index in [1.165, 1.54) is 0 Å². The summed E-state index contributed by atoms with van der Waals surface area (Å²) < 4.78 is 5.45. The van der Waals surface area contributed by atoms with Gasteiger partial charge in [0.1, 0.15) is 0 Å². The number of nitrogens with one attached hydrogen (secondary N) is 1. The van der Waals surface area contributed by atoms with Gasteiger partial charge < -0.3 is 14.8 Å². The van der Waals surface area contributed by atoms with Gasteiger partial charge in [0.2, 0.25) is 17.7 Å². The first-order valence-corrected chi connectivity index (χ1v) is 7.16. The van der Waals surface area contributed by atoms with Crippen molar-refractivity contribution < 1.29 is 14.3 Å². The van der Waals surface area contributed by atoms with E-state index in [2.05, 4.69) is 15.5 Å². The molecule has 20 heavy (non-hydrogen) atoms. The molecular formula is C14H25N3O3. The van der Waals surface area contributed by atoms with E-state index < -0.39 is 0 Å². The Bertz CT molecular complexity index is 416.